The highest BCUT2D eigenvalue weighted by Gasteiger charge is 2.13. The van der Waals surface area contributed by atoms with Gasteiger partial charge in [0.25, 0.3) is 0 Å². The quantitative estimate of drug-likeness (QED) is 0.786. The number of aromatic nitrogens is 3. The zero-order valence-corrected chi connectivity index (χ0v) is 13.6. The van der Waals surface area contributed by atoms with Crippen LogP contribution in [0.1, 0.15) is 45.0 Å². The van der Waals surface area contributed by atoms with E-state index in [2.05, 4.69) is 54.2 Å². The van der Waals surface area contributed by atoms with E-state index in [1.54, 1.807) is 4.68 Å². The molecule has 0 amide bonds. The van der Waals surface area contributed by atoms with Crippen LogP contribution < -0.4 is 4.90 Å². The molecular formula is C17H23N5. The van der Waals surface area contributed by atoms with Crippen molar-refractivity contribution in [1.29, 1.82) is 5.26 Å². The zero-order valence-electron chi connectivity index (χ0n) is 13.6. The van der Waals surface area contributed by atoms with Gasteiger partial charge >= 0.3 is 0 Å². The summed E-state index contributed by atoms with van der Waals surface area (Å²) in [6.07, 6.45) is 2.93. The predicted molar refractivity (Wildman–Crippen MR) is 88.2 cm³/mol. The minimum absolute atomic E-state index is 0.432. The summed E-state index contributed by atoms with van der Waals surface area (Å²) in [5.74, 6) is 0. The first-order valence-electron chi connectivity index (χ1n) is 7.95. The van der Waals surface area contributed by atoms with Crippen LogP contribution in [0.25, 0.3) is 5.69 Å². The molecule has 2 aromatic rings. The highest BCUT2D eigenvalue weighted by Crippen LogP contribution is 2.19. The van der Waals surface area contributed by atoms with Crippen molar-refractivity contribution in [3.63, 3.8) is 0 Å². The highest BCUT2D eigenvalue weighted by molar-refractivity contribution is 5.51. The van der Waals surface area contributed by atoms with E-state index in [1.165, 1.54) is 5.69 Å². The van der Waals surface area contributed by atoms with Gasteiger partial charge in [-0.15, -0.1) is 5.10 Å². The topological polar surface area (TPSA) is 57.7 Å². The van der Waals surface area contributed by atoms with Gasteiger partial charge in [0.15, 0.2) is 5.69 Å². The molecule has 0 aliphatic heterocycles. The molecule has 116 valence electrons. The van der Waals surface area contributed by atoms with Crippen molar-refractivity contribution in [3.8, 4) is 11.8 Å². The molecule has 5 nitrogen and oxygen atoms in total. The van der Waals surface area contributed by atoms with Gasteiger partial charge in [-0.3, -0.25) is 0 Å². The van der Waals surface area contributed by atoms with Gasteiger partial charge in [-0.2, -0.15) is 5.26 Å². The van der Waals surface area contributed by atoms with Crippen LogP contribution in [0.15, 0.2) is 24.3 Å². The normalized spacial score (nSPS) is 10.5. The van der Waals surface area contributed by atoms with E-state index in [0.717, 1.165) is 43.7 Å². The average Bonchev–Trinajstić information content (AvgIpc) is 2.97. The smallest absolute Gasteiger partial charge is 0.186 e. The van der Waals surface area contributed by atoms with Crippen LogP contribution >= 0.6 is 0 Å². The Balaban J connectivity index is 2.32. The third kappa shape index (κ3) is 3.28. The van der Waals surface area contributed by atoms with Crippen molar-refractivity contribution in [3.05, 3.63) is 35.7 Å². The Morgan fingerprint density at radius 1 is 1.14 bits per heavy atom. The molecule has 0 atom stereocenters. The Morgan fingerprint density at radius 3 is 2.36 bits per heavy atom. The van der Waals surface area contributed by atoms with Crippen LogP contribution in [-0.2, 0) is 6.42 Å². The van der Waals surface area contributed by atoms with E-state index in [-0.39, 0.29) is 0 Å². The SMILES string of the molecule is CCCCc1c(C#N)nnn1-c1ccc(N(CC)CC)cc1. The number of hydrogen-bond donors (Lipinski definition) is 0. The first kappa shape index (κ1) is 16.0. The summed E-state index contributed by atoms with van der Waals surface area (Å²) in [5, 5.41) is 17.3. The number of rotatable bonds is 7. The van der Waals surface area contributed by atoms with E-state index < -0.39 is 0 Å². The summed E-state index contributed by atoms with van der Waals surface area (Å²) in [6.45, 7) is 8.41. The molecule has 0 radical (unpaired) electrons. The lowest BCUT2D eigenvalue weighted by Gasteiger charge is -2.21. The third-order valence-electron chi connectivity index (χ3n) is 3.86. The monoisotopic (exact) mass is 297 g/mol. The summed E-state index contributed by atoms with van der Waals surface area (Å²) < 4.78 is 1.79. The van der Waals surface area contributed by atoms with E-state index >= 15 is 0 Å². The van der Waals surface area contributed by atoms with Gasteiger partial charge in [0.1, 0.15) is 6.07 Å². The van der Waals surface area contributed by atoms with Gasteiger partial charge in [0, 0.05) is 18.8 Å². The fourth-order valence-electron chi connectivity index (χ4n) is 2.56. The molecule has 0 saturated heterocycles. The van der Waals surface area contributed by atoms with E-state index in [0.29, 0.717) is 5.69 Å². The second-order valence-corrected chi connectivity index (χ2v) is 5.20. The largest absolute Gasteiger partial charge is 0.372 e. The van der Waals surface area contributed by atoms with E-state index in [9.17, 15) is 5.26 Å². The third-order valence-corrected chi connectivity index (χ3v) is 3.86. The predicted octanol–water partition coefficient (Wildman–Crippen LogP) is 3.33. The van der Waals surface area contributed by atoms with E-state index in [1.807, 2.05) is 12.1 Å². The van der Waals surface area contributed by atoms with Gasteiger partial charge in [-0.1, -0.05) is 18.6 Å². The maximum absolute atomic E-state index is 9.19. The molecule has 0 spiro atoms. The number of nitrogens with zero attached hydrogens (tertiary/aromatic N) is 5. The lowest BCUT2D eigenvalue weighted by molar-refractivity contribution is 0.715. The average molecular weight is 297 g/mol. The Kier molecular flexibility index (Phi) is 5.54. The second kappa shape index (κ2) is 7.60. The van der Waals surface area contributed by atoms with Crippen LogP contribution in [0.3, 0.4) is 0 Å². The Labute approximate surface area is 132 Å². The Morgan fingerprint density at radius 2 is 1.82 bits per heavy atom. The molecule has 0 aliphatic rings. The zero-order chi connectivity index (χ0) is 15.9. The summed E-state index contributed by atoms with van der Waals surface area (Å²) in [7, 11) is 0. The molecule has 0 saturated carbocycles. The summed E-state index contributed by atoms with van der Waals surface area (Å²) in [4.78, 5) is 2.30. The van der Waals surface area contributed by atoms with Crippen molar-refractivity contribution >= 4 is 5.69 Å². The van der Waals surface area contributed by atoms with Crippen molar-refractivity contribution < 1.29 is 0 Å². The Hall–Kier alpha value is -2.35. The maximum atomic E-state index is 9.19. The van der Waals surface area contributed by atoms with Gasteiger partial charge in [0.05, 0.1) is 11.4 Å². The van der Waals surface area contributed by atoms with Crippen LogP contribution in [0.5, 0.6) is 0 Å². The number of anilines is 1. The highest BCUT2D eigenvalue weighted by atomic mass is 15.4. The molecule has 5 heteroatoms. The van der Waals surface area contributed by atoms with Gasteiger partial charge < -0.3 is 4.90 Å². The van der Waals surface area contributed by atoms with Crippen molar-refractivity contribution in [2.45, 2.75) is 40.0 Å². The molecule has 0 fully saturated rings. The van der Waals surface area contributed by atoms with Crippen molar-refractivity contribution in [2.75, 3.05) is 18.0 Å². The van der Waals surface area contributed by atoms with Crippen molar-refractivity contribution in [1.82, 2.24) is 15.0 Å². The van der Waals surface area contributed by atoms with Crippen LogP contribution in [0, 0.1) is 11.3 Å². The Bertz CT molecular complexity index is 632. The molecule has 1 aromatic carbocycles. The fourth-order valence-corrected chi connectivity index (χ4v) is 2.56. The minimum Gasteiger partial charge on any atom is -0.372 e. The molecule has 1 aromatic heterocycles. The van der Waals surface area contributed by atoms with Crippen LogP contribution in [0.2, 0.25) is 0 Å². The van der Waals surface area contributed by atoms with E-state index in [4.69, 9.17) is 0 Å². The van der Waals surface area contributed by atoms with Gasteiger partial charge in [-0.25, -0.2) is 4.68 Å². The number of benzene rings is 1. The number of hydrogen-bond acceptors (Lipinski definition) is 4. The lowest BCUT2D eigenvalue weighted by atomic mass is 10.1. The molecule has 22 heavy (non-hydrogen) atoms. The summed E-state index contributed by atoms with van der Waals surface area (Å²) in [6, 6.07) is 10.4. The molecule has 1 heterocycles. The minimum atomic E-state index is 0.432. The summed E-state index contributed by atoms with van der Waals surface area (Å²) >= 11 is 0. The molecule has 0 unspecified atom stereocenters. The number of nitriles is 1. The first-order valence-corrected chi connectivity index (χ1v) is 7.95. The van der Waals surface area contributed by atoms with Crippen molar-refractivity contribution in [2.24, 2.45) is 0 Å². The molecule has 0 aliphatic carbocycles. The van der Waals surface area contributed by atoms with Gasteiger partial charge in [0.2, 0.25) is 0 Å². The maximum Gasteiger partial charge on any atom is 0.186 e. The molecule has 0 N–H and O–H groups in total. The van der Waals surface area contributed by atoms with Gasteiger partial charge in [-0.05, 0) is 51.0 Å². The molecule has 0 bridgehead atoms. The first-order chi connectivity index (χ1) is 10.7. The lowest BCUT2D eigenvalue weighted by Crippen LogP contribution is -2.21. The molecular weight excluding hydrogens is 274 g/mol. The second-order valence-electron chi connectivity index (χ2n) is 5.20. The van der Waals surface area contributed by atoms with Crippen LogP contribution in [0.4, 0.5) is 5.69 Å². The standard InChI is InChI=1S/C17H23N5/c1-4-7-8-17-16(13-18)19-20-22(17)15-11-9-14(10-12-15)21(5-2)6-3/h9-12H,4-8H2,1-3H3. The number of unbranched alkanes of at least 4 members (excludes halogenated alkanes) is 1. The summed E-state index contributed by atoms with van der Waals surface area (Å²) in [5.41, 5.74) is 3.49. The fraction of sp³-hybridized carbons (Fsp3) is 0.471. The van der Waals surface area contributed by atoms with Crippen LogP contribution in [-0.4, -0.2) is 28.1 Å². The molecule has 2 rings (SSSR count).